The number of anilines is 1. The van der Waals surface area contributed by atoms with E-state index in [1.54, 1.807) is 24.3 Å². The van der Waals surface area contributed by atoms with Crippen LogP contribution in [-0.2, 0) is 0 Å². The number of carbonyl (C=O) groups excluding carboxylic acids is 1. The van der Waals surface area contributed by atoms with E-state index in [-0.39, 0.29) is 17.2 Å². The third-order valence-corrected chi connectivity index (χ3v) is 2.53. The van der Waals surface area contributed by atoms with Crippen LogP contribution in [0.2, 0.25) is 0 Å². The Labute approximate surface area is 110 Å². The number of carbonyl (C=O) groups is 1. The summed E-state index contributed by atoms with van der Waals surface area (Å²) in [5.74, 6) is -0.388. The molecule has 0 aliphatic rings. The molecule has 0 unspecified atom stereocenters. The van der Waals surface area contributed by atoms with Crippen molar-refractivity contribution in [2.24, 2.45) is 0 Å². The van der Waals surface area contributed by atoms with Crippen molar-refractivity contribution in [3.63, 3.8) is 0 Å². The molecule has 95 valence electrons. The van der Waals surface area contributed by atoms with Crippen molar-refractivity contribution in [2.45, 2.75) is 0 Å². The van der Waals surface area contributed by atoms with Gasteiger partial charge in [-0.2, -0.15) is 0 Å². The molecular formula is C14H11N2O3. The van der Waals surface area contributed by atoms with E-state index in [0.717, 1.165) is 5.56 Å². The maximum atomic E-state index is 11.9. The minimum atomic E-state index is -0.533. The Balaban J connectivity index is 2.18. The van der Waals surface area contributed by atoms with Gasteiger partial charge in [0, 0.05) is 23.4 Å². The van der Waals surface area contributed by atoms with Crippen LogP contribution in [0.4, 0.5) is 11.4 Å². The standard InChI is InChI=1S/C14H11N2O3/c1-10-5-7-12(8-6-10)15-14(17)11-3-2-4-13(9-11)16(18)19/h2-9H,1H2,(H,15,17). The normalized spacial score (nSPS) is 9.95. The maximum absolute atomic E-state index is 11.9. The van der Waals surface area contributed by atoms with Gasteiger partial charge in [-0.05, 0) is 30.7 Å². The molecule has 2 aromatic carbocycles. The molecule has 1 amide bonds. The number of nitro benzene ring substituents is 1. The molecule has 0 heterocycles. The lowest BCUT2D eigenvalue weighted by molar-refractivity contribution is -0.384. The molecule has 0 bridgehead atoms. The number of amides is 1. The molecule has 5 nitrogen and oxygen atoms in total. The van der Waals surface area contributed by atoms with E-state index >= 15 is 0 Å². The van der Waals surface area contributed by atoms with E-state index in [1.165, 1.54) is 24.3 Å². The Kier molecular flexibility index (Phi) is 3.56. The van der Waals surface area contributed by atoms with Crippen LogP contribution in [-0.4, -0.2) is 10.8 Å². The van der Waals surface area contributed by atoms with Crippen molar-refractivity contribution >= 4 is 17.3 Å². The van der Waals surface area contributed by atoms with E-state index in [9.17, 15) is 14.9 Å². The van der Waals surface area contributed by atoms with Crippen LogP contribution in [0.15, 0.2) is 48.5 Å². The zero-order chi connectivity index (χ0) is 13.8. The Hall–Kier alpha value is -2.69. The Morgan fingerprint density at radius 2 is 1.84 bits per heavy atom. The largest absolute Gasteiger partial charge is 0.322 e. The molecule has 1 N–H and O–H groups in total. The lowest BCUT2D eigenvalue weighted by atomic mass is 10.1. The molecule has 0 aliphatic carbocycles. The molecule has 2 rings (SSSR count). The van der Waals surface area contributed by atoms with E-state index < -0.39 is 4.92 Å². The molecule has 2 aromatic rings. The third-order valence-electron chi connectivity index (χ3n) is 2.53. The lowest BCUT2D eigenvalue weighted by Crippen LogP contribution is -2.11. The van der Waals surface area contributed by atoms with E-state index in [1.807, 2.05) is 0 Å². The summed E-state index contributed by atoms with van der Waals surface area (Å²) < 4.78 is 0. The summed E-state index contributed by atoms with van der Waals surface area (Å²) in [6.45, 7) is 3.74. The van der Waals surface area contributed by atoms with Gasteiger partial charge in [0.2, 0.25) is 0 Å². The number of hydrogen-bond donors (Lipinski definition) is 1. The minimum Gasteiger partial charge on any atom is -0.322 e. The second kappa shape index (κ2) is 5.30. The summed E-state index contributed by atoms with van der Waals surface area (Å²) in [6, 6.07) is 12.6. The fourth-order valence-electron chi connectivity index (χ4n) is 1.55. The Morgan fingerprint density at radius 3 is 2.47 bits per heavy atom. The Bertz CT molecular complexity index is 621. The first-order valence-electron chi connectivity index (χ1n) is 5.54. The fourth-order valence-corrected chi connectivity index (χ4v) is 1.55. The third kappa shape index (κ3) is 3.16. The molecule has 1 radical (unpaired) electrons. The highest BCUT2D eigenvalue weighted by molar-refractivity contribution is 6.04. The average molecular weight is 255 g/mol. The van der Waals surface area contributed by atoms with E-state index in [2.05, 4.69) is 12.2 Å². The van der Waals surface area contributed by atoms with Crippen molar-refractivity contribution in [1.82, 2.24) is 0 Å². The zero-order valence-corrected chi connectivity index (χ0v) is 10.00. The second-order valence-corrected chi connectivity index (χ2v) is 3.96. The number of benzene rings is 2. The lowest BCUT2D eigenvalue weighted by Gasteiger charge is -2.05. The topological polar surface area (TPSA) is 72.2 Å². The molecule has 19 heavy (non-hydrogen) atoms. The first-order valence-corrected chi connectivity index (χ1v) is 5.54. The Morgan fingerprint density at radius 1 is 1.16 bits per heavy atom. The molecule has 5 heteroatoms. The number of hydrogen-bond acceptors (Lipinski definition) is 3. The number of non-ortho nitro benzene ring substituents is 1. The van der Waals surface area contributed by atoms with Gasteiger partial charge in [-0.15, -0.1) is 0 Å². The van der Waals surface area contributed by atoms with Gasteiger partial charge in [-0.3, -0.25) is 14.9 Å². The molecular weight excluding hydrogens is 244 g/mol. The highest BCUT2D eigenvalue weighted by atomic mass is 16.6. The number of nitrogens with one attached hydrogen (secondary N) is 1. The minimum absolute atomic E-state index is 0.110. The van der Waals surface area contributed by atoms with Gasteiger partial charge in [0.15, 0.2) is 0 Å². The first kappa shape index (κ1) is 12.8. The molecule has 0 aromatic heterocycles. The fraction of sp³-hybridized carbons (Fsp3) is 0. The maximum Gasteiger partial charge on any atom is 0.270 e. The summed E-state index contributed by atoms with van der Waals surface area (Å²) in [4.78, 5) is 22.0. The van der Waals surface area contributed by atoms with Crippen LogP contribution in [0.5, 0.6) is 0 Å². The smallest absolute Gasteiger partial charge is 0.270 e. The second-order valence-electron chi connectivity index (χ2n) is 3.96. The van der Waals surface area contributed by atoms with Gasteiger partial charge in [0.05, 0.1) is 4.92 Å². The molecule has 0 saturated heterocycles. The van der Waals surface area contributed by atoms with E-state index in [4.69, 9.17) is 0 Å². The predicted molar refractivity (Wildman–Crippen MR) is 72.0 cm³/mol. The predicted octanol–water partition coefficient (Wildman–Crippen LogP) is 3.03. The monoisotopic (exact) mass is 255 g/mol. The average Bonchev–Trinajstić information content (AvgIpc) is 2.41. The van der Waals surface area contributed by atoms with Crippen LogP contribution in [0.1, 0.15) is 15.9 Å². The van der Waals surface area contributed by atoms with Gasteiger partial charge in [0.1, 0.15) is 0 Å². The van der Waals surface area contributed by atoms with Gasteiger partial charge in [-0.25, -0.2) is 0 Å². The van der Waals surface area contributed by atoms with Crippen molar-refractivity contribution < 1.29 is 9.72 Å². The number of nitrogens with zero attached hydrogens (tertiary/aromatic N) is 1. The van der Waals surface area contributed by atoms with Crippen LogP contribution < -0.4 is 5.32 Å². The van der Waals surface area contributed by atoms with Gasteiger partial charge in [-0.1, -0.05) is 18.2 Å². The summed E-state index contributed by atoms with van der Waals surface area (Å²) in [5.41, 5.74) is 1.59. The molecule has 0 spiro atoms. The molecule has 0 fully saturated rings. The van der Waals surface area contributed by atoms with Gasteiger partial charge < -0.3 is 5.32 Å². The van der Waals surface area contributed by atoms with Gasteiger partial charge >= 0.3 is 0 Å². The summed E-state index contributed by atoms with van der Waals surface area (Å²) in [6.07, 6.45) is 0. The highest BCUT2D eigenvalue weighted by Gasteiger charge is 2.11. The van der Waals surface area contributed by atoms with Crippen molar-refractivity contribution in [3.05, 3.63) is 76.7 Å². The first-order chi connectivity index (χ1) is 9.06. The molecule has 0 atom stereocenters. The van der Waals surface area contributed by atoms with Crippen LogP contribution >= 0.6 is 0 Å². The van der Waals surface area contributed by atoms with E-state index in [0.29, 0.717) is 5.69 Å². The molecule has 0 saturated carbocycles. The van der Waals surface area contributed by atoms with Crippen LogP contribution in [0, 0.1) is 17.0 Å². The summed E-state index contributed by atoms with van der Waals surface area (Å²) in [7, 11) is 0. The van der Waals surface area contributed by atoms with Crippen molar-refractivity contribution in [1.29, 1.82) is 0 Å². The summed E-state index contributed by atoms with van der Waals surface area (Å²) >= 11 is 0. The van der Waals surface area contributed by atoms with Crippen LogP contribution in [0.25, 0.3) is 0 Å². The van der Waals surface area contributed by atoms with Crippen molar-refractivity contribution in [2.75, 3.05) is 5.32 Å². The number of nitro groups is 1. The van der Waals surface area contributed by atoms with Crippen LogP contribution in [0.3, 0.4) is 0 Å². The van der Waals surface area contributed by atoms with Crippen molar-refractivity contribution in [3.8, 4) is 0 Å². The van der Waals surface area contributed by atoms with Gasteiger partial charge in [0.25, 0.3) is 11.6 Å². The SMILES string of the molecule is [CH2]c1ccc(NC(=O)c2cccc([N+](=O)[O-])c2)cc1. The zero-order valence-electron chi connectivity index (χ0n) is 10.00. The number of rotatable bonds is 3. The molecule has 0 aliphatic heterocycles. The quantitative estimate of drug-likeness (QED) is 0.676. The highest BCUT2D eigenvalue weighted by Crippen LogP contribution is 2.15. The summed E-state index contributed by atoms with van der Waals surface area (Å²) in [5, 5.41) is 13.3.